The van der Waals surface area contributed by atoms with Gasteiger partial charge in [-0.05, 0) is 66.2 Å². The molecule has 154 valence electrons. The summed E-state index contributed by atoms with van der Waals surface area (Å²) in [7, 11) is 1.56. The second kappa shape index (κ2) is 8.96. The second-order valence-corrected chi connectivity index (χ2v) is 6.53. The van der Waals surface area contributed by atoms with Crippen molar-refractivity contribution < 1.29 is 23.5 Å². The first kappa shape index (κ1) is 19.9. The zero-order valence-corrected chi connectivity index (χ0v) is 16.6. The third-order valence-electron chi connectivity index (χ3n) is 4.45. The summed E-state index contributed by atoms with van der Waals surface area (Å²) < 4.78 is 15.9. The fourth-order valence-corrected chi connectivity index (χ4v) is 2.83. The number of nitrogens with one attached hydrogen (secondary N) is 1. The van der Waals surface area contributed by atoms with Crippen LogP contribution >= 0.6 is 0 Å². The smallest absolute Gasteiger partial charge is 0.343 e. The van der Waals surface area contributed by atoms with E-state index in [9.17, 15) is 9.59 Å². The maximum Gasteiger partial charge on any atom is 0.343 e. The standard InChI is InChI=1S/C24H18N2O5/c1-29-19-12-8-17(9-13-19)24(28)30-20-10-6-16(7-11-20)15-25-26-23(27)22-14-18-4-2-3-5-21(18)31-22/h2-15H,1H3,(H,26,27)/b25-15-. The van der Waals surface area contributed by atoms with Gasteiger partial charge >= 0.3 is 11.9 Å². The molecule has 4 aromatic rings. The van der Waals surface area contributed by atoms with Gasteiger partial charge in [0, 0.05) is 5.39 Å². The number of rotatable bonds is 6. The molecule has 0 unspecified atom stereocenters. The summed E-state index contributed by atoms with van der Waals surface area (Å²) in [6.07, 6.45) is 1.48. The molecule has 1 heterocycles. The summed E-state index contributed by atoms with van der Waals surface area (Å²) in [5, 5.41) is 4.78. The third kappa shape index (κ3) is 4.79. The summed E-state index contributed by atoms with van der Waals surface area (Å²) >= 11 is 0. The van der Waals surface area contributed by atoms with Crippen molar-refractivity contribution in [2.24, 2.45) is 5.10 Å². The monoisotopic (exact) mass is 414 g/mol. The van der Waals surface area contributed by atoms with Crippen LogP contribution in [0.3, 0.4) is 0 Å². The summed E-state index contributed by atoms with van der Waals surface area (Å²) in [4.78, 5) is 24.4. The predicted octanol–water partition coefficient (Wildman–Crippen LogP) is 4.42. The Morgan fingerprint density at radius 1 is 0.935 bits per heavy atom. The number of para-hydroxylation sites is 1. The minimum Gasteiger partial charge on any atom is -0.497 e. The zero-order valence-electron chi connectivity index (χ0n) is 16.6. The molecule has 7 nitrogen and oxygen atoms in total. The second-order valence-electron chi connectivity index (χ2n) is 6.53. The van der Waals surface area contributed by atoms with Crippen molar-refractivity contribution in [2.45, 2.75) is 0 Å². The van der Waals surface area contributed by atoms with E-state index in [-0.39, 0.29) is 5.76 Å². The van der Waals surface area contributed by atoms with Crippen molar-refractivity contribution in [3.05, 3.63) is 95.7 Å². The number of amides is 1. The van der Waals surface area contributed by atoms with Crippen LogP contribution in [-0.2, 0) is 0 Å². The van der Waals surface area contributed by atoms with Crippen LogP contribution in [0.1, 0.15) is 26.5 Å². The van der Waals surface area contributed by atoms with Crippen LogP contribution in [0.5, 0.6) is 11.5 Å². The van der Waals surface area contributed by atoms with Crippen molar-refractivity contribution in [1.82, 2.24) is 5.43 Å². The van der Waals surface area contributed by atoms with Gasteiger partial charge in [-0.25, -0.2) is 10.2 Å². The van der Waals surface area contributed by atoms with E-state index in [1.54, 1.807) is 67.8 Å². The van der Waals surface area contributed by atoms with Gasteiger partial charge in [0.15, 0.2) is 5.76 Å². The van der Waals surface area contributed by atoms with Crippen LogP contribution in [0.2, 0.25) is 0 Å². The topological polar surface area (TPSA) is 90.1 Å². The van der Waals surface area contributed by atoms with Crippen molar-refractivity contribution >= 4 is 29.1 Å². The van der Waals surface area contributed by atoms with Crippen molar-refractivity contribution in [2.75, 3.05) is 7.11 Å². The molecule has 0 aliphatic rings. The molecule has 1 aromatic heterocycles. The number of hydrogen-bond donors (Lipinski definition) is 1. The molecule has 7 heteroatoms. The van der Waals surface area contributed by atoms with Gasteiger partial charge in [-0.1, -0.05) is 18.2 Å². The number of hydrogen-bond acceptors (Lipinski definition) is 6. The van der Waals surface area contributed by atoms with Gasteiger partial charge in [0.1, 0.15) is 17.1 Å². The van der Waals surface area contributed by atoms with E-state index in [2.05, 4.69) is 10.5 Å². The Balaban J connectivity index is 1.33. The molecule has 0 bridgehead atoms. The van der Waals surface area contributed by atoms with Crippen LogP contribution in [0.4, 0.5) is 0 Å². The van der Waals surface area contributed by atoms with E-state index in [0.29, 0.717) is 28.2 Å². The van der Waals surface area contributed by atoms with E-state index < -0.39 is 11.9 Å². The van der Waals surface area contributed by atoms with E-state index in [0.717, 1.165) is 5.39 Å². The Morgan fingerprint density at radius 3 is 2.35 bits per heavy atom. The van der Waals surface area contributed by atoms with E-state index in [1.807, 2.05) is 18.2 Å². The first-order valence-corrected chi connectivity index (χ1v) is 9.41. The fraction of sp³-hybridized carbons (Fsp3) is 0.0417. The van der Waals surface area contributed by atoms with Gasteiger partial charge < -0.3 is 13.9 Å². The number of hydrazone groups is 1. The van der Waals surface area contributed by atoms with Gasteiger partial charge in [-0.3, -0.25) is 4.79 Å². The molecule has 4 rings (SSSR count). The van der Waals surface area contributed by atoms with Gasteiger partial charge in [-0.2, -0.15) is 5.10 Å². The molecular formula is C24H18N2O5. The minimum atomic E-state index is -0.470. The van der Waals surface area contributed by atoms with Crippen molar-refractivity contribution in [3.63, 3.8) is 0 Å². The van der Waals surface area contributed by atoms with Gasteiger partial charge in [0.05, 0.1) is 18.9 Å². The lowest BCUT2D eigenvalue weighted by atomic mass is 10.2. The summed E-state index contributed by atoms with van der Waals surface area (Å²) in [5.41, 5.74) is 4.20. The van der Waals surface area contributed by atoms with Gasteiger partial charge in [0.2, 0.25) is 0 Å². The molecule has 0 saturated carbocycles. The maximum absolute atomic E-state index is 12.2. The lowest BCUT2D eigenvalue weighted by Gasteiger charge is -2.05. The molecule has 0 spiro atoms. The number of nitrogens with zero attached hydrogens (tertiary/aromatic N) is 1. The number of benzene rings is 3. The first-order valence-electron chi connectivity index (χ1n) is 9.41. The highest BCUT2D eigenvalue weighted by molar-refractivity contribution is 5.96. The molecule has 3 aromatic carbocycles. The summed E-state index contributed by atoms with van der Waals surface area (Å²) in [5.74, 6) is 0.315. The number of furan rings is 1. The van der Waals surface area contributed by atoms with E-state index in [1.165, 1.54) is 6.21 Å². The Labute approximate surface area is 177 Å². The van der Waals surface area contributed by atoms with Crippen LogP contribution in [0.15, 0.2) is 88.4 Å². The third-order valence-corrected chi connectivity index (χ3v) is 4.45. The van der Waals surface area contributed by atoms with Crippen LogP contribution in [0.25, 0.3) is 11.0 Å². The quantitative estimate of drug-likeness (QED) is 0.218. The molecule has 0 atom stereocenters. The highest BCUT2D eigenvalue weighted by Crippen LogP contribution is 2.19. The highest BCUT2D eigenvalue weighted by Gasteiger charge is 2.11. The van der Waals surface area contributed by atoms with Crippen molar-refractivity contribution in [3.8, 4) is 11.5 Å². The Morgan fingerprint density at radius 2 is 1.65 bits per heavy atom. The predicted molar refractivity (Wildman–Crippen MR) is 116 cm³/mol. The Bertz CT molecular complexity index is 1210. The lowest BCUT2D eigenvalue weighted by Crippen LogP contribution is -2.16. The molecule has 0 aliphatic heterocycles. The molecule has 31 heavy (non-hydrogen) atoms. The SMILES string of the molecule is COc1ccc(C(=O)Oc2ccc(/C=N\NC(=O)c3cc4ccccc4o3)cc2)cc1. The minimum absolute atomic E-state index is 0.180. The molecule has 1 N–H and O–H groups in total. The fourth-order valence-electron chi connectivity index (χ4n) is 2.83. The zero-order chi connectivity index (χ0) is 21.6. The number of carbonyl (C=O) groups is 2. The average molecular weight is 414 g/mol. The molecule has 1 amide bonds. The van der Waals surface area contributed by atoms with Crippen LogP contribution < -0.4 is 14.9 Å². The Kier molecular flexibility index (Phi) is 5.75. The normalized spacial score (nSPS) is 10.9. The first-order chi connectivity index (χ1) is 15.1. The number of methoxy groups -OCH3 is 1. The number of carbonyl (C=O) groups excluding carboxylic acids is 2. The molecule has 0 fully saturated rings. The number of fused-ring (bicyclic) bond motifs is 1. The lowest BCUT2D eigenvalue weighted by molar-refractivity contribution is 0.0734. The molecular weight excluding hydrogens is 396 g/mol. The van der Waals surface area contributed by atoms with Gasteiger partial charge in [0.25, 0.3) is 0 Å². The van der Waals surface area contributed by atoms with Gasteiger partial charge in [-0.15, -0.1) is 0 Å². The molecule has 0 aliphatic carbocycles. The largest absolute Gasteiger partial charge is 0.497 e. The van der Waals surface area contributed by atoms with Crippen LogP contribution in [0, 0.1) is 0 Å². The summed E-state index contributed by atoms with van der Waals surface area (Å²) in [6, 6.07) is 22.4. The molecule has 0 saturated heterocycles. The van der Waals surface area contributed by atoms with E-state index in [4.69, 9.17) is 13.9 Å². The Hall–Kier alpha value is -4.39. The highest BCUT2D eigenvalue weighted by atomic mass is 16.5. The number of ether oxygens (including phenoxy) is 2. The number of esters is 1. The van der Waals surface area contributed by atoms with E-state index >= 15 is 0 Å². The van der Waals surface area contributed by atoms with Crippen LogP contribution in [-0.4, -0.2) is 25.2 Å². The maximum atomic E-state index is 12.2. The molecule has 0 radical (unpaired) electrons. The summed E-state index contributed by atoms with van der Waals surface area (Å²) in [6.45, 7) is 0. The van der Waals surface area contributed by atoms with Crippen molar-refractivity contribution in [1.29, 1.82) is 0 Å². The average Bonchev–Trinajstić information content (AvgIpc) is 3.25.